The molecule has 2 aromatic rings. The van der Waals surface area contributed by atoms with Crippen LogP contribution >= 0.6 is 0 Å². The number of piperazine rings is 1. The van der Waals surface area contributed by atoms with Crippen LogP contribution in [0.5, 0.6) is 17.2 Å². The quantitative estimate of drug-likeness (QED) is 0.538. The number of ether oxygens (including phenoxy) is 4. The predicted octanol–water partition coefficient (Wildman–Crippen LogP) is 1.55. The summed E-state index contributed by atoms with van der Waals surface area (Å²) in [6, 6.07) is 10.9. The summed E-state index contributed by atoms with van der Waals surface area (Å²) < 4.78 is 48.8. The van der Waals surface area contributed by atoms with Gasteiger partial charge in [-0.2, -0.15) is 4.31 Å². The minimum Gasteiger partial charge on any atom is -0.486 e. The summed E-state index contributed by atoms with van der Waals surface area (Å²) in [7, 11) is -3.72. The Morgan fingerprint density at radius 2 is 1.62 bits per heavy atom. The van der Waals surface area contributed by atoms with E-state index in [0.717, 1.165) is 0 Å². The van der Waals surface area contributed by atoms with Gasteiger partial charge in [0.05, 0.1) is 17.1 Å². The molecule has 11 heteroatoms. The summed E-state index contributed by atoms with van der Waals surface area (Å²) in [6.45, 7) is 3.50. The van der Waals surface area contributed by atoms with E-state index in [4.69, 9.17) is 18.9 Å². The second kappa shape index (κ2) is 10.3. The van der Waals surface area contributed by atoms with Crippen LogP contribution < -0.4 is 14.2 Å². The Balaban J connectivity index is 1.29. The van der Waals surface area contributed by atoms with E-state index in [1.807, 2.05) is 0 Å². The van der Waals surface area contributed by atoms with Crippen molar-refractivity contribution in [1.29, 1.82) is 0 Å². The second-order valence-electron chi connectivity index (χ2n) is 7.62. The monoisotopic (exact) mass is 490 g/mol. The molecule has 0 bridgehead atoms. The third kappa shape index (κ3) is 5.26. The lowest BCUT2D eigenvalue weighted by Crippen LogP contribution is -2.51. The van der Waals surface area contributed by atoms with Gasteiger partial charge in [0.1, 0.15) is 19.0 Å². The van der Waals surface area contributed by atoms with Crippen molar-refractivity contribution >= 4 is 21.9 Å². The Labute approximate surface area is 198 Å². The van der Waals surface area contributed by atoms with E-state index in [-0.39, 0.29) is 50.2 Å². The van der Waals surface area contributed by atoms with Crippen molar-refractivity contribution in [3.05, 3.63) is 48.0 Å². The van der Waals surface area contributed by atoms with Gasteiger partial charge in [-0.15, -0.1) is 0 Å². The SMILES string of the molecule is CCOC(=O)c1ccc(OCC(=O)N2CCN(S(=O)(=O)c3ccc4c(c3)OCCO4)CC2)cc1. The van der Waals surface area contributed by atoms with Gasteiger partial charge in [0, 0.05) is 32.2 Å². The smallest absolute Gasteiger partial charge is 0.338 e. The number of hydrogen-bond acceptors (Lipinski definition) is 8. The number of hydrogen-bond donors (Lipinski definition) is 0. The van der Waals surface area contributed by atoms with E-state index < -0.39 is 16.0 Å². The van der Waals surface area contributed by atoms with Crippen LogP contribution in [0.2, 0.25) is 0 Å². The maximum absolute atomic E-state index is 13.0. The first-order valence-electron chi connectivity index (χ1n) is 11.0. The van der Waals surface area contributed by atoms with Crippen molar-refractivity contribution in [3.63, 3.8) is 0 Å². The molecule has 0 aromatic heterocycles. The number of nitrogens with zero attached hydrogens (tertiary/aromatic N) is 2. The highest BCUT2D eigenvalue weighted by Gasteiger charge is 2.31. The van der Waals surface area contributed by atoms with Gasteiger partial charge in [-0.25, -0.2) is 13.2 Å². The highest BCUT2D eigenvalue weighted by molar-refractivity contribution is 7.89. The zero-order valence-corrected chi connectivity index (χ0v) is 19.6. The minimum atomic E-state index is -3.72. The molecule has 0 saturated carbocycles. The molecule has 0 aliphatic carbocycles. The third-order valence-corrected chi connectivity index (χ3v) is 7.37. The number of carbonyl (C=O) groups excluding carboxylic acids is 2. The van der Waals surface area contributed by atoms with Crippen LogP contribution in [0.25, 0.3) is 0 Å². The molecular weight excluding hydrogens is 464 g/mol. The maximum atomic E-state index is 13.0. The van der Waals surface area contributed by atoms with Gasteiger partial charge in [0.25, 0.3) is 5.91 Å². The maximum Gasteiger partial charge on any atom is 0.338 e. The van der Waals surface area contributed by atoms with Gasteiger partial charge in [-0.3, -0.25) is 4.79 Å². The van der Waals surface area contributed by atoms with Gasteiger partial charge in [-0.1, -0.05) is 0 Å². The minimum absolute atomic E-state index is 0.131. The van der Waals surface area contributed by atoms with E-state index in [9.17, 15) is 18.0 Å². The largest absolute Gasteiger partial charge is 0.486 e. The summed E-state index contributed by atoms with van der Waals surface area (Å²) in [4.78, 5) is 25.9. The van der Waals surface area contributed by atoms with E-state index in [1.165, 1.54) is 16.4 Å². The van der Waals surface area contributed by atoms with E-state index in [1.54, 1.807) is 42.2 Å². The molecule has 4 rings (SSSR count). The normalized spacial score (nSPS) is 16.1. The molecule has 0 spiro atoms. The molecular formula is C23H26N2O8S. The van der Waals surface area contributed by atoms with Crippen molar-refractivity contribution in [3.8, 4) is 17.2 Å². The first-order valence-corrected chi connectivity index (χ1v) is 12.4. The van der Waals surface area contributed by atoms with Crippen LogP contribution in [0.15, 0.2) is 47.4 Å². The highest BCUT2D eigenvalue weighted by Crippen LogP contribution is 2.33. The molecule has 10 nitrogen and oxygen atoms in total. The summed E-state index contributed by atoms with van der Waals surface area (Å²) in [5.41, 5.74) is 0.399. The second-order valence-corrected chi connectivity index (χ2v) is 9.56. The predicted molar refractivity (Wildman–Crippen MR) is 121 cm³/mol. The molecule has 0 unspecified atom stereocenters. The van der Waals surface area contributed by atoms with Crippen molar-refractivity contribution in [2.45, 2.75) is 11.8 Å². The molecule has 2 heterocycles. The fraction of sp³-hybridized carbons (Fsp3) is 0.391. The van der Waals surface area contributed by atoms with E-state index in [2.05, 4.69) is 0 Å². The first-order chi connectivity index (χ1) is 16.4. The van der Waals surface area contributed by atoms with Crippen LogP contribution in [-0.2, 0) is 19.6 Å². The fourth-order valence-corrected chi connectivity index (χ4v) is 5.09. The molecule has 2 aliphatic heterocycles. The van der Waals surface area contributed by atoms with Crippen molar-refractivity contribution in [1.82, 2.24) is 9.21 Å². The van der Waals surface area contributed by atoms with Gasteiger partial charge in [-0.05, 0) is 43.3 Å². The zero-order chi connectivity index (χ0) is 24.1. The number of esters is 1. The third-order valence-electron chi connectivity index (χ3n) is 5.47. The molecule has 0 N–H and O–H groups in total. The van der Waals surface area contributed by atoms with Gasteiger partial charge >= 0.3 is 5.97 Å². The van der Waals surface area contributed by atoms with Crippen LogP contribution in [-0.4, -0.2) is 82.1 Å². The molecule has 0 atom stereocenters. The number of benzene rings is 2. The molecule has 2 aromatic carbocycles. The molecule has 2 aliphatic rings. The van der Waals surface area contributed by atoms with Crippen molar-refractivity contribution < 1.29 is 37.0 Å². The van der Waals surface area contributed by atoms with Gasteiger partial charge < -0.3 is 23.8 Å². The lowest BCUT2D eigenvalue weighted by atomic mass is 10.2. The zero-order valence-electron chi connectivity index (χ0n) is 18.8. The summed E-state index contributed by atoms with van der Waals surface area (Å²) in [5, 5.41) is 0. The number of rotatable bonds is 7. The van der Waals surface area contributed by atoms with Crippen LogP contribution in [0.3, 0.4) is 0 Å². The van der Waals surface area contributed by atoms with E-state index >= 15 is 0 Å². The molecule has 0 radical (unpaired) electrons. The Morgan fingerprint density at radius 3 is 2.29 bits per heavy atom. The average molecular weight is 491 g/mol. The lowest BCUT2D eigenvalue weighted by molar-refractivity contribution is -0.134. The Kier molecular flexibility index (Phi) is 7.23. The molecule has 1 amide bonds. The Morgan fingerprint density at radius 1 is 0.941 bits per heavy atom. The molecule has 1 fully saturated rings. The molecule has 1 saturated heterocycles. The number of carbonyl (C=O) groups is 2. The van der Waals surface area contributed by atoms with Crippen LogP contribution in [0.1, 0.15) is 17.3 Å². The molecule has 182 valence electrons. The highest BCUT2D eigenvalue weighted by atomic mass is 32.2. The van der Waals surface area contributed by atoms with E-state index in [0.29, 0.717) is 36.0 Å². The van der Waals surface area contributed by atoms with Crippen LogP contribution in [0.4, 0.5) is 0 Å². The Hall–Kier alpha value is -3.31. The Bertz CT molecular complexity index is 1140. The lowest BCUT2D eigenvalue weighted by Gasteiger charge is -2.34. The summed E-state index contributed by atoms with van der Waals surface area (Å²) in [5.74, 6) is 0.714. The van der Waals surface area contributed by atoms with Crippen molar-refractivity contribution in [2.24, 2.45) is 0 Å². The van der Waals surface area contributed by atoms with Crippen molar-refractivity contribution in [2.75, 3.05) is 52.6 Å². The fourth-order valence-electron chi connectivity index (χ4n) is 3.65. The number of amides is 1. The molecule has 34 heavy (non-hydrogen) atoms. The first kappa shape index (κ1) is 23.8. The number of fused-ring (bicyclic) bond motifs is 1. The summed E-state index contributed by atoms with van der Waals surface area (Å²) >= 11 is 0. The standard InChI is InChI=1S/C23H26N2O8S/c1-2-30-23(27)17-3-5-18(6-4-17)33-16-22(26)24-9-11-25(12-10-24)34(28,29)19-7-8-20-21(15-19)32-14-13-31-20/h3-8,15H,2,9-14,16H2,1H3. The van der Waals surface area contributed by atoms with Crippen LogP contribution in [0, 0.1) is 0 Å². The average Bonchev–Trinajstić information content (AvgIpc) is 2.87. The topological polar surface area (TPSA) is 112 Å². The summed E-state index contributed by atoms with van der Waals surface area (Å²) in [6.07, 6.45) is 0. The number of sulfonamides is 1. The van der Waals surface area contributed by atoms with Gasteiger partial charge in [0.2, 0.25) is 10.0 Å². The van der Waals surface area contributed by atoms with Gasteiger partial charge in [0.15, 0.2) is 18.1 Å².